The maximum atomic E-state index is 5.66. The SMILES string of the molecule is C/C=c1/cc(N)c(N)c/c1=C/C. The summed E-state index contributed by atoms with van der Waals surface area (Å²) in [5, 5.41) is 2.26. The molecule has 0 amide bonds. The van der Waals surface area contributed by atoms with E-state index in [0.717, 1.165) is 10.4 Å². The van der Waals surface area contributed by atoms with Gasteiger partial charge in [-0.05, 0) is 36.4 Å². The molecule has 0 aliphatic heterocycles. The lowest BCUT2D eigenvalue weighted by Crippen LogP contribution is -2.25. The van der Waals surface area contributed by atoms with E-state index in [4.69, 9.17) is 11.5 Å². The van der Waals surface area contributed by atoms with E-state index in [-0.39, 0.29) is 0 Å². The van der Waals surface area contributed by atoms with Gasteiger partial charge in [0.15, 0.2) is 0 Å². The van der Waals surface area contributed by atoms with Gasteiger partial charge < -0.3 is 11.5 Å². The van der Waals surface area contributed by atoms with Gasteiger partial charge in [0.05, 0.1) is 11.4 Å². The summed E-state index contributed by atoms with van der Waals surface area (Å²) in [7, 11) is 0. The normalized spacial score (nSPS) is 13.8. The lowest BCUT2D eigenvalue weighted by atomic mass is 10.2. The first kappa shape index (κ1) is 8.65. The second-order valence-corrected chi connectivity index (χ2v) is 2.69. The maximum Gasteiger partial charge on any atom is 0.0554 e. The molecule has 0 aromatic heterocycles. The van der Waals surface area contributed by atoms with Crippen molar-refractivity contribution in [3.8, 4) is 0 Å². The number of hydrogen-bond donors (Lipinski definition) is 2. The molecule has 0 bridgehead atoms. The van der Waals surface area contributed by atoms with Crippen molar-refractivity contribution < 1.29 is 0 Å². The average Bonchev–Trinajstić information content (AvgIpc) is 2.09. The van der Waals surface area contributed by atoms with Crippen LogP contribution in [0.15, 0.2) is 12.1 Å². The summed E-state index contributed by atoms with van der Waals surface area (Å²) in [6, 6.07) is 3.79. The Balaban J connectivity index is 3.63. The van der Waals surface area contributed by atoms with Gasteiger partial charge in [0.2, 0.25) is 0 Å². The third kappa shape index (κ3) is 1.42. The minimum absolute atomic E-state index is 0.647. The fourth-order valence-electron chi connectivity index (χ4n) is 1.17. The predicted molar refractivity (Wildman–Crippen MR) is 54.8 cm³/mol. The molecular formula is C10H14N2. The average molecular weight is 162 g/mol. The molecule has 12 heavy (non-hydrogen) atoms. The Labute approximate surface area is 72.2 Å². The third-order valence-corrected chi connectivity index (χ3v) is 1.91. The summed E-state index contributed by atoms with van der Waals surface area (Å²) in [5.74, 6) is 0. The maximum absolute atomic E-state index is 5.66. The van der Waals surface area contributed by atoms with Crippen molar-refractivity contribution in [2.75, 3.05) is 11.5 Å². The number of anilines is 2. The van der Waals surface area contributed by atoms with Crippen molar-refractivity contribution in [3.05, 3.63) is 22.6 Å². The number of nitrogen functional groups attached to an aromatic ring is 2. The van der Waals surface area contributed by atoms with Gasteiger partial charge in [-0.1, -0.05) is 12.2 Å². The summed E-state index contributed by atoms with van der Waals surface area (Å²) < 4.78 is 0. The summed E-state index contributed by atoms with van der Waals surface area (Å²) >= 11 is 0. The quantitative estimate of drug-likeness (QED) is 0.544. The van der Waals surface area contributed by atoms with Crippen LogP contribution in [0.25, 0.3) is 12.2 Å². The van der Waals surface area contributed by atoms with Crippen LogP contribution in [-0.4, -0.2) is 0 Å². The van der Waals surface area contributed by atoms with Gasteiger partial charge in [-0.2, -0.15) is 0 Å². The second kappa shape index (κ2) is 3.30. The zero-order valence-electron chi connectivity index (χ0n) is 7.46. The Morgan fingerprint density at radius 2 is 1.25 bits per heavy atom. The number of hydrogen-bond acceptors (Lipinski definition) is 2. The fraction of sp³-hybridized carbons (Fsp3) is 0.200. The molecule has 4 N–H and O–H groups in total. The largest absolute Gasteiger partial charge is 0.397 e. The van der Waals surface area contributed by atoms with Gasteiger partial charge in [0.25, 0.3) is 0 Å². The molecule has 0 spiro atoms. The van der Waals surface area contributed by atoms with Crippen LogP contribution in [0.3, 0.4) is 0 Å². The molecule has 0 radical (unpaired) electrons. The van der Waals surface area contributed by atoms with Crippen LogP contribution >= 0.6 is 0 Å². The highest BCUT2D eigenvalue weighted by molar-refractivity contribution is 5.63. The molecule has 0 aliphatic carbocycles. The molecule has 0 unspecified atom stereocenters. The Morgan fingerprint density at radius 1 is 0.917 bits per heavy atom. The van der Waals surface area contributed by atoms with Gasteiger partial charge in [0, 0.05) is 0 Å². The van der Waals surface area contributed by atoms with E-state index < -0.39 is 0 Å². The van der Waals surface area contributed by atoms with Gasteiger partial charge in [-0.3, -0.25) is 0 Å². The standard InChI is InChI=1S/C10H14N2/c1-3-7-5-9(11)10(12)6-8(7)4-2/h3-6H,11-12H2,1-2H3/b7-3-,8-4-. The predicted octanol–water partition coefficient (Wildman–Crippen LogP) is 0.452. The summed E-state index contributed by atoms with van der Waals surface area (Å²) in [6.07, 6.45) is 4.04. The minimum Gasteiger partial charge on any atom is -0.397 e. The number of benzene rings is 1. The minimum atomic E-state index is 0.647. The third-order valence-electron chi connectivity index (χ3n) is 1.91. The molecule has 0 saturated heterocycles. The molecule has 1 aromatic rings. The first-order valence-electron chi connectivity index (χ1n) is 3.96. The molecule has 0 heterocycles. The first-order chi connectivity index (χ1) is 5.69. The van der Waals surface area contributed by atoms with Crippen molar-refractivity contribution in [2.24, 2.45) is 0 Å². The van der Waals surface area contributed by atoms with Crippen LogP contribution < -0.4 is 21.9 Å². The summed E-state index contributed by atoms with van der Waals surface area (Å²) in [5.41, 5.74) is 12.6. The van der Waals surface area contributed by atoms with Crippen molar-refractivity contribution in [1.29, 1.82) is 0 Å². The molecule has 0 fully saturated rings. The Morgan fingerprint density at radius 3 is 1.50 bits per heavy atom. The van der Waals surface area contributed by atoms with E-state index in [1.54, 1.807) is 0 Å². The van der Waals surface area contributed by atoms with Gasteiger partial charge >= 0.3 is 0 Å². The van der Waals surface area contributed by atoms with E-state index in [9.17, 15) is 0 Å². The van der Waals surface area contributed by atoms with E-state index in [0.29, 0.717) is 11.4 Å². The van der Waals surface area contributed by atoms with Gasteiger partial charge in [-0.25, -0.2) is 0 Å². The highest BCUT2D eigenvalue weighted by Crippen LogP contribution is 2.06. The fourth-order valence-corrected chi connectivity index (χ4v) is 1.17. The first-order valence-corrected chi connectivity index (χ1v) is 3.96. The molecule has 2 heteroatoms. The van der Waals surface area contributed by atoms with Crippen LogP contribution in [0.1, 0.15) is 13.8 Å². The van der Waals surface area contributed by atoms with Gasteiger partial charge in [-0.15, -0.1) is 0 Å². The topological polar surface area (TPSA) is 52.0 Å². The smallest absolute Gasteiger partial charge is 0.0554 e. The summed E-state index contributed by atoms with van der Waals surface area (Å²) in [4.78, 5) is 0. The molecular weight excluding hydrogens is 148 g/mol. The molecule has 1 rings (SSSR count). The molecule has 0 atom stereocenters. The van der Waals surface area contributed by atoms with Crippen molar-refractivity contribution >= 4 is 23.5 Å². The van der Waals surface area contributed by atoms with Crippen LogP contribution in [0, 0.1) is 0 Å². The lowest BCUT2D eigenvalue weighted by molar-refractivity contribution is 1.49. The highest BCUT2D eigenvalue weighted by atomic mass is 14.7. The Kier molecular flexibility index (Phi) is 2.38. The van der Waals surface area contributed by atoms with Gasteiger partial charge in [0.1, 0.15) is 0 Å². The highest BCUT2D eigenvalue weighted by Gasteiger charge is 1.92. The van der Waals surface area contributed by atoms with Crippen molar-refractivity contribution in [1.82, 2.24) is 0 Å². The van der Waals surface area contributed by atoms with Crippen LogP contribution in [0.2, 0.25) is 0 Å². The zero-order valence-corrected chi connectivity index (χ0v) is 7.46. The van der Waals surface area contributed by atoms with Crippen molar-refractivity contribution in [2.45, 2.75) is 13.8 Å². The van der Waals surface area contributed by atoms with E-state index in [1.807, 2.05) is 38.1 Å². The zero-order chi connectivity index (χ0) is 9.14. The van der Waals surface area contributed by atoms with E-state index in [1.165, 1.54) is 0 Å². The number of nitrogens with two attached hydrogens (primary N) is 2. The van der Waals surface area contributed by atoms with E-state index in [2.05, 4.69) is 0 Å². The molecule has 0 saturated carbocycles. The van der Waals surface area contributed by atoms with Crippen LogP contribution in [-0.2, 0) is 0 Å². The molecule has 0 aliphatic rings. The Hall–Kier alpha value is -1.44. The molecule has 1 aromatic carbocycles. The van der Waals surface area contributed by atoms with Crippen LogP contribution in [0.5, 0.6) is 0 Å². The monoisotopic (exact) mass is 162 g/mol. The summed E-state index contributed by atoms with van der Waals surface area (Å²) in [6.45, 7) is 3.97. The lowest BCUT2D eigenvalue weighted by Gasteiger charge is -1.99. The molecule has 2 nitrogen and oxygen atoms in total. The Bertz CT molecular complexity index is 352. The second-order valence-electron chi connectivity index (χ2n) is 2.69. The molecule has 64 valence electrons. The van der Waals surface area contributed by atoms with Crippen molar-refractivity contribution in [3.63, 3.8) is 0 Å². The number of rotatable bonds is 0. The van der Waals surface area contributed by atoms with E-state index >= 15 is 0 Å². The van der Waals surface area contributed by atoms with Crippen LogP contribution in [0.4, 0.5) is 11.4 Å².